The molecule has 0 amide bonds. The van der Waals surface area contributed by atoms with Crippen LogP contribution in [0.3, 0.4) is 0 Å². The number of hydrogen-bond donors (Lipinski definition) is 1. The molecule has 2 aromatic heterocycles. The van der Waals surface area contributed by atoms with Gasteiger partial charge >= 0.3 is 0 Å². The molecule has 0 aliphatic carbocycles. The van der Waals surface area contributed by atoms with E-state index in [0.717, 1.165) is 13.0 Å². The Morgan fingerprint density at radius 3 is 3.00 bits per heavy atom. The SMILES string of the molecule is C=CCOC1CCN(c2nc3c(cnn3C(C)(C)C)c(=O)[nH]2)C1. The van der Waals surface area contributed by atoms with E-state index >= 15 is 0 Å². The van der Waals surface area contributed by atoms with Gasteiger partial charge in [-0.2, -0.15) is 10.1 Å². The summed E-state index contributed by atoms with van der Waals surface area (Å²) in [5.41, 5.74) is 0.225. The molecule has 1 saturated heterocycles. The van der Waals surface area contributed by atoms with E-state index in [1.54, 1.807) is 17.0 Å². The van der Waals surface area contributed by atoms with Crippen LogP contribution >= 0.6 is 0 Å². The summed E-state index contributed by atoms with van der Waals surface area (Å²) in [6.45, 7) is 11.8. The Morgan fingerprint density at radius 2 is 2.30 bits per heavy atom. The Bertz CT molecular complexity index is 771. The van der Waals surface area contributed by atoms with Crippen LogP contribution in [-0.2, 0) is 10.3 Å². The van der Waals surface area contributed by atoms with E-state index in [2.05, 4.69) is 26.5 Å². The minimum Gasteiger partial charge on any atom is -0.372 e. The standard InChI is InChI=1S/C16H23N5O2/c1-5-8-23-11-6-7-20(10-11)15-18-13-12(14(22)19-15)9-17-21(13)16(2,3)4/h5,9,11H,1,6-8,10H2,2-4H3,(H,18,19,22). The average Bonchev–Trinajstić information content (AvgIpc) is 3.11. The Kier molecular flexibility index (Phi) is 3.97. The number of anilines is 1. The van der Waals surface area contributed by atoms with Crippen LogP contribution in [0.25, 0.3) is 11.0 Å². The number of fused-ring (bicyclic) bond motifs is 1. The highest BCUT2D eigenvalue weighted by Gasteiger charge is 2.26. The average molecular weight is 317 g/mol. The van der Waals surface area contributed by atoms with Gasteiger partial charge in [-0.25, -0.2) is 4.68 Å². The van der Waals surface area contributed by atoms with Gasteiger partial charge in [0.15, 0.2) is 5.65 Å². The third-order valence-corrected chi connectivity index (χ3v) is 3.96. The third-order valence-electron chi connectivity index (χ3n) is 3.96. The smallest absolute Gasteiger partial charge is 0.263 e. The van der Waals surface area contributed by atoms with Gasteiger partial charge < -0.3 is 9.64 Å². The van der Waals surface area contributed by atoms with Crippen molar-refractivity contribution in [2.24, 2.45) is 0 Å². The lowest BCUT2D eigenvalue weighted by atomic mass is 10.1. The number of H-pyrrole nitrogens is 1. The highest BCUT2D eigenvalue weighted by atomic mass is 16.5. The van der Waals surface area contributed by atoms with Gasteiger partial charge in [-0.3, -0.25) is 9.78 Å². The van der Waals surface area contributed by atoms with Crippen LogP contribution in [0.15, 0.2) is 23.6 Å². The highest BCUT2D eigenvalue weighted by molar-refractivity contribution is 5.74. The molecular formula is C16H23N5O2. The summed E-state index contributed by atoms with van der Waals surface area (Å²) in [5, 5.41) is 4.85. The lowest BCUT2D eigenvalue weighted by molar-refractivity contribution is 0.0908. The molecule has 1 aliphatic rings. The first-order valence-corrected chi connectivity index (χ1v) is 7.86. The van der Waals surface area contributed by atoms with Crippen molar-refractivity contribution in [3.8, 4) is 0 Å². The largest absolute Gasteiger partial charge is 0.372 e. The lowest BCUT2D eigenvalue weighted by Gasteiger charge is -2.21. The molecule has 124 valence electrons. The summed E-state index contributed by atoms with van der Waals surface area (Å²) in [6, 6.07) is 0. The third kappa shape index (κ3) is 3.01. The van der Waals surface area contributed by atoms with E-state index in [0.29, 0.717) is 30.1 Å². The van der Waals surface area contributed by atoms with Crippen LogP contribution in [0.5, 0.6) is 0 Å². The van der Waals surface area contributed by atoms with Crippen molar-refractivity contribution in [1.82, 2.24) is 19.7 Å². The number of nitrogens with one attached hydrogen (secondary N) is 1. The van der Waals surface area contributed by atoms with Crippen molar-refractivity contribution < 1.29 is 4.74 Å². The number of rotatable bonds is 4. The van der Waals surface area contributed by atoms with E-state index in [1.807, 2.05) is 20.8 Å². The number of aromatic nitrogens is 4. The summed E-state index contributed by atoms with van der Waals surface area (Å²) in [5.74, 6) is 0.582. The molecule has 23 heavy (non-hydrogen) atoms. The fraction of sp³-hybridized carbons (Fsp3) is 0.562. The van der Waals surface area contributed by atoms with E-state index in [-0.39, 0.29) is 17.2 Å². The summed E-state index contributed by atoms with van der Waals surface area (Å²) in [6.07, 6.45) is 4.38. The summed E-state index contributed by atoms with van der Waals surface area (Å²) in [7, 11) is 0. The van der Waals surface area contributed by atoms with Crippen LogP contribution in [0.4, 0.5) is 5.95 Å². The van der Waals surface area contributed by atoms with Gasteiger partial charge in [0.2, 0.25) is 5.95 Å². The summed E-state index contributed by atoms with van der Waals surface area (Å²) in [4.78, 5) is 21.9. The Balaban J connectivity index is 1.93. The molecule has 1 fully saturated rings. The van der Waals surface area contributed by atoms with Gasteiger partial charge in [0.05, 0.1) is 24.4 Å². The first kappa shape index (κ1) is 15.7. The topological polar surface area (TPSA) is 76.0 Å². The van der Waals surface area contributed by atoms with Crippen LogP contribution < -0.4 is 10.5 Å². The number of aromatic amines is 1. The van der Waals surface area contributed by atoms with Gasteiger partial charge in [0, 0.05) is 13.1 Å². The molecule has 1 atom stereocenters. The number of ether oxygens (including phenoxy) is 1. The fourth-order valence-corrected chi connectivity index (χ4v) is 2.81. The molecule has 0 radical (unpaired) electrons. The quantitative estimate of drug-likeness (QED) is 0.868. The second-order valence-corrected chi connectivity index (χ2v) is 6.83. The van der Waals surface area contributed by atoms with E-state index in [9.17, 15) is 4.79 Å². The highest BCUT2D eigenvalue weighted by Crippen LogP contribution is 2.22. The fourth-order valence-electron chi connectivity index (χ4n) is 2.81. The molecule has 0 aromatic carbocycles. The van der Waals surface area contributed by atoms with Crippen LogP contribution in [0.1, 0.15) is 27.2 Å². The molecule has 0 bridgehead atoms. The Morgan fingerprint density at radius 1 is 1.52 bits per heavy atom. The van der Waals surface area contributed by atoms with Gasteiger partial charge in [-0.05, 0) is 27.2 Å². The van der Waals surface area contributed by atoms with Crippen molar-refractivity contribution in [2.45, 2.75) is 38.8 Å². The van der Waals surface area contributed by atoms with Crippen LogP contribution in [0.2, 0.25) is 0 Å². The Hall–Kier alpha value is -2.15. The minimum atomic E-state index is -0.236. The molecule has 0 spiro atoms. The second kappa shape index (κ2) is 5.81. The molecule has 7 nitrogen and oxygen atoms in total. The molecule has 0 saturated carbocycles. The number of hydrogen-bond acceptors (Lipinski definition) is 5. The minimum absolute atomic E-state index is 0.140. The predicted molar refractivity (Wildman–Crippen MR) is 89.9 cm³/mol. The summed E-state index contributed by atoms with van der Waals surface area (Å²) < 4.78 is 7.48. The van der Waals surface area contributed by atoms with Gasteiger partial charge in [-0.15, -0.1) is 6.58 Å². The maximum Gasteiger partial charge on any atom is 0.263 e. The van der Waals surface area contributed by atoms with Crippen molar-refractivity contribution in [3.63, 3.8) is 0 Å². The Labute approximate surface area is 135 Å². The maximum atomic E-state index is 12.3. The summed E-state index contributed by atoms with van der Waals surface area (Å²) >= 11 is 0. The number of nitrogens with zero attached hydrogens (tertiary/aromatic N) is 4. The van der Waals surface area contributed by atoms with Gasteiger partial charge in [0.25, 0.3) is 5.56 Å². The first-order valence-electron chi connectivity index (χ1n) is 7.86. The molecular weight excluding hydrogens is 294 g/mol. The van der Waals surface area contributed by atoms with Crippen LogP contribution in [0, 0.1) is 0 Å². The zero-order valence-corrected chi connectivity index (χ0v) is 13.9. The van der Waals surface area contributed by atoms with E-state index in [4.69, 9.17) is 4.74 Å². The van der Waals surface area contributed by atoms with Crippen molar-refractivity contribution in [2.75, 3.05) is 24.6 Å². The predicted octanol–water partition coefficient (Wildman–Crippen LogP) is 1.66. The zero-order valence-electron chi connectivity index (χ0n) is 13.9. The van der Waals surface area contributed by atoms with E-state index < -0.39 is 0 Å². The zero-order chi connectivity index (χ0) is 16.6. The second-order valence-electron chi connectivity index (χ2n) is 6.83. The molecule has 1 N–H and O–H groups in total. The van der Waals surface area contributed by atoms with Crippen molar-refractivity contribution in [1.29, 1.82) is 0 Å². The van der Waals surface area contributed by atoms with E-state index in [1.165, 1.54) is 0 Å². The van der Waals surface area contributed by atoms with Gasteiger partial charge in [0.1, 0.15) is 5.39 Å². The van der Waals surface area contributed by atoms with Gasteiger partial charge in [-0.1, -0.05) is 6.08 Å². The normalized spacial score (nSPS) is 18.7. The maximum absolute atomic E-state index is 12.3. The first-order chi connectivity index (χ1) is 10.9. The molecule has 7 heteroatoms. The lowest BCUT2D eigenvalue weighted by Crippen LogP contribution is -2.28. The van der Waals surface area contributed by atoms with Crippen molar-refractivity contribution in [3.05, 3.63) is 29.2 Å². The molecule has 2 aromatic rings. The molecule has 3 heterocycles. The molecule has 1 aliphatic heterocycles. The van der Waals surface area contributed by atoms with Crippen LogP contribution in [-0.4, -0.2) is 45.5 Å². The van der Waals surface area contributed by atoms with Crippen molar-refractivity contribution >= 4 is 17.0 Å². The molecule has 3 rings (SSSR count). The monoisotopic (exact) mass is 317 g/mol. The molecule has 1 unspecified atom stereocenters.